The number of aryl methyl sites for hydroxylation is 1. The normalized spacial score (nSPS) is 13.9. The maximum Gasteiger partial charge on any atom is 0.0658 e. The van der Waals surface area contributed by atoms with Crippen LogP contribution < -0.4 is 0 Å². The second-order valence-corrected chi connectivity index (χ2v) is 5.49. The van der Waals surface area contributed by atoms with E-state index in [1.165, 1.54) is 12.0 Å². The molecule has 0 bridgehead atoms. The smallest absolute Gasteiger partial charge is 0.0658 e. The van der Waals surface area contributed by atoms with E-state index in [1.54, 1.807) is 0 Å². The van der Waals surface area contributed by atoms with Crippen molar-refractivity contribution in [3.8, 4) is 0 Å². The first-order chi connectivity index (χ1) is 6.97. The summed E-state index contributed by atoms with van der Waals surface area (Å²) in [5, 5.41) is 0. The Balaban J connectivity index is 0.000000195. The molecule has 0 N–H and O–H groups in total. The molecule has 2 rings (SSSR count). The van der Waals surface area contributed by atoms with Gasteiger partial charge in [-0.1, -0.05) is 39.8 Å². The van der Waals surface area contributed by atoms with Gasteiger partial charge in [0.1, 0.15) is 0 Å². The number of hydrogen-bond acceptors (Lipinski definition) is 1. The number of rotatable bonds is 0. The summed E-state index contributed by atoms with van der Waals surface area (Å²) in [6.07, 6.45) is 8.43. The van der Waals surface area contributed by atoms with Gasteiger partial charge < -0.3 is 0 Å². The van der Waals surface area contributed by atoms with Gasteiger partial charge in [-0.15, -0.1) is 0 Å². The molecule has 0 atom stereocenters. The molecule has 0 amide bonds. The molecule has 1 nitrogen and oxygen atoms in total. The van der Waals surface area contributed by atoms with Gasteiger partial charge in [-0.3, -0.25) is 4.98 Å². The highest BCUT2D eigenvalue weighted by molar-refractivity contribution is 5.51. The van der Waals surface area contributed by atoms with E-state index in [2.05, 4.69) is 50.9 Å². The van der Waals surface area contributed by atoms with Gasteiger partial charge in [0.2, 0.25) is 0 Å². The summed E-state index contributed by atoms with van der Waals surface area (Å²) in [6, 6.07) is 4.14. The summed E-state index contributed by atoms with van der Waals surface area (Å²) in [5.41, 5.74) is 3.03. The molecular weight excluding hydrogens is 182 g/mol. The number of nitrogens with zero attached hydrogens (tertiary/aromatic N) is 1. The number of pyridine rings is 1. The molecule has 1 heterocycles. The topological polar surface area (TPSA) is 12.9 Å². The molecule has 82 valence electrons. The second-order valence-electron chi connectivity index (χ2n) is 5.49. The first-order valence-electron chi connectivity index (χ1n) is 5.57. The van der Waals surface area contributed by atoms with Crippen molar-refractivity contribution >= 4 is 6.08 Å². The number of hydrogen-bond donors (Lipinski definition) is 0. The fourth-order valence-corrected chi connectivity index (χ4v) is 1.25. The average molecular weight is 203 g/mol. The first-order valence-corrected chi connectivity index (χ1v) is 5.57. The first kappa shape index (κ1) is 12.0. The molecular formula is C14H21N. The summed E-state index contributed by atoms with van der Waals surface area (Å²) >= 11 is 0. The standard InChI is InChI=1S/C9H9N.C5H12/c1-2-6-9-8(4-1)5-3-7-10-9;1-5(2,3)4/h2-3,5-7H,1,4H2;1-4H3. The zero-order chi connectivity index (χ0) is 11.3. The van der Waals surface area contributed by atoms with Crippen LogP contribution in [0, 0.1) is 5.41 Å². The zero-order valence-electron chi connectivity index (χ0n) is 10.2. The van der Waals surface area contributed by atoms with Crippen LogP contribution >= 0.6 is 0 Å². The van der Waals surface area contributed by atoms with Crippen LogP contribution in [0.3, 0.4) is 0 Å². The molecule has 0 unspecified atom stereocenters. The minimum atomic E-state index is 0.500. The Bertz CT molecular complexity index is 325. The molecule has 0 saturated heterocycles. The highest BCUT2D eigenvalue weighted by atomic mass is 14.7. The second kappa shape index (κ2) is 5.11. The molecule has 1 aliphatic rings. The molecule has 1 aromatic rings. The maximum absolute atomic E-state index is 4.23. The van der Waals surface area contributed by atoms with Crippen molar-refractivity contribution in [1.82, 2.24) is 4.98 Å². The van der Waals surface area contributed by atoms with Crippen LogP contribution in [-0.2, 0) is 6.42 Å². The van der Waals surface area contributed by atoms with Crippen LogP contribution in [0.1, 0.15) is 45.4 Å². The van der Waals surface area contributed by atoms with E-state index in [-0.39, 0.29) is 0 Å². The Morgan fingerprint density at radius 2 is 1.87 bits per heavy atom. The maximum atomic E-state index is 4.23. The summed E-state index contributed by atoms with van der Waals surface area (Å²) in [7, 11) is 0. The largest absolute Gasteiger partial charge is 0.257 e. The van der Waals surface area contributed by atoms with Crippen molar-refractivity contribution in [1.29, 1.82) is 0 Å². The lowest BCUT2D eigenvalue weighted by Gasteiger charge is -2.06. The molecule has 0 fully saturated rings. The van der Waals surface area contributed by atoms with Crippen LogP contribution in [0.2, 0.25) is 0 Å². The Kier molecular flexibility index (Phi) is 4.07. The fraction of sp³-hybridized carbons (Fsp3) is 0.500. The monoisotopic (exact) mass is 203 g/mol. The van der Waals surface area contributed by atoms with Gasteiger partial charge in [-0.2, -0.15) is 0 Å². The Labute approximate surface area is 93.2 Å². The molecule has 0 saturated carbocycles. The fourth-order valence-electron chi connectivity index (χ4n) is 1.25. The van der Waals surface area contributed by atoms with Crippen molar-refractivity contribution in [2.45, 2.75) is 40.5 Å². The lowest BCUT2D eigenvalue weighted by Crippen LogP contribution is -1.94. The third-order valence-electron chi connectivity index (χ3n) is 1.78. The van der Waals surface area contributed by atoms with Gasteiger partial charge >= 0.3 is 0 Å². The van der Waals surface area contributed by atoms with E-state index < -0.39 is 0 Å². The lowest BCUT2D eigenvalue weighted by atomic mass is 10.0. The van der Waals surface area contributed by atoms with E-state index in [0.29, 0.717) is 5.41 Å². The van der Waals surface area contributed by atoms with Crippen molar-refractivity contribution in [2.24, 2.45) is 5.41 Å². The highest BCUT2D eigenvalue weighted by Gasteiger charge is 2.01. The summed E-state index contributed by atoms with van der Waals surface area (Å²) in [6.45, 7) is 8.75. The van der Waals surface area contributed by atoms with Crippen LogP contribution in [-0.4, -0.2) is 4.98 Å². The van der Waals surface area contributed by atoms with E-state index in [0.717, 1.165) is 12.1 Å². The predicted octanol–water partition coefficient (Wildman–Crippen LogP) is 4.09. The molecule has 0 spiro atoms. The van der Waals surface area contributed by atoms with E-state index >= 15 is 0 Å². The zero-order valence-corrected chi connectivity index (χ0v) is 10.2. The van der Waals surface area contributed by atoms with Crippen molar-refractivity contribution in [3.63, 3.8) is 0 Å². The molecule has 0 aromatic carbocycles. The van der Waals surface area contributed by atoms with E-state index in [1.807, 2.05) is 12.3 Å². The summed E-state index contributed by atoms with van der Waals surface area (Å²) in [5.74, 6) is 0. The van der Waals surface area contributed by atoms with Gasteiger partial charge in [0.05, 0.1) is 5.69 Å². The lowest BCUT2D eigenvalue weighted by molar-refractivity contribution is 0.469. The Hall–Kier alpha value is -1.11. The third-order valence-corrected chi connectivity index (χ3v) is 1.78. The van der Waals surface area contributed by atoms with E-state index in [9.17, 15) is 0 Å². The van der Waals surface area contributed by atoms with Crippen LogP contribution in [0.4, 0.5) is 0 Å². The summed E-state index contributed by atoms with van der Waals surface area (Å²) < 4.78 is 0. The van der Waals surface area contributed by atoms with E-state index in [4.69, 9.17) is 0 Å². The Morgan fingerprint density at radius 3 is 2.47 bits per heavy atom. The van der Waals surface area contributed by atoms with Crippen molar-refractivity contribution in [3.05, 3.63) is 35.7 Å². The Morgan fingerprint density at radius 1 is 1.20 bits per heavy atom. The van der Waals surface area contributed by atoms with Gasteiger partial charge in [0.25, 0.3) is 0 Å². The van der Waals surface area contributed by atoms with Gasteiger partial charge in [-0.05, 0) is 36.0 Å². The minimum absolute atomic E-state index is 0.500. The average Bonchev–Trinajstić information content (AvgIpc) is 2.16. The van der Waals surface area contributed by atoms with Crippen molar-refractivity contribution < 1.29 is 0 Å². The molecule has 0 radical (unpaired) electrons. The third kappa shape index (κ3) is 5.36. The highest BCUT2D eigenvalue weighted by Crippen LogP contribution is 2.15. The van der Waals surface area contributed by atoms with Crippen LogP contribution in [0.5, 0.6) is 0 Å². The predicted molar refractivity (Wildman–Crippen MR) is 66.7 cm³/mol. The van der Waals surface area contributed by atoms with Crippen molar-refractivity contribution in [2.75, 3.05) is 0 Å². The van der Waals surface area contributed by atoms with Crippen LogP contribution in [0.25, 0.3) is 6.08 Å². The molecule has 0 aliphatic heterocycles. The molecule has 1 aliphatic carbocycles. The quantitative estimate of drug-likeness (QED) is 0.618. The minimum Gasteiger partial charge on any atom is -0.257 e. The molecule has 1 aromatic heterocycles. The number of aromatic nitrogens is 1. The van der Waals surface area contributed by atoms with Gasteiger partial charge in [-0.25, -0.2) is 0 Å². The SMILES string of the molecule is C1=Cc2ncccc2CC1.CC(C)(C)C. The molecule has 15 heavy (non-hydrogen) atoms. The number of allylic oxidation sites excluding steroid dienone is 1. The van der Waals surface area contributed by atoms with Gasteiger partial charge in [0, 0.05) is 6.20 Å². The number of fused-ring (bicyclic) bond motifs is 1. The van der Waals surface area contributed by atoms with Crippen LogP contribution in [0.15, 0.2) is 24.4 Å². The summed E-state index contributed by atoms with van der Waals surface area (Å²) in [4.78, 5) is 4.23. The van der Waals surface area contributed by atoms with Gasteiger partial charge in [0.15, 0.2) is 0 Å². The molecule has 1 heteroatoms.